The quantitative estimate of drug-likeness (QED) is 0.638. The van der Waals surface area contributed by atoms with Gasteiger partial charge in [0.1, 0.15) is 5.82 Å². The average Bonchev–Trinajstić information content (AvgIpc) is 2.77. The van der Waals surface area contributed by atoms with Crippen LogP contribution in [0.2, 0.25) is 0 Å². The molecule has 96 valence electrons. The molecule has 0 aliphatic rings. The van der Waals surface area contributed by atoms with Crippen LogP contribution in [0.4, 0.5) is 4.39 Å². The summed E-state index contributed by atoms with van der Waals surface area (Å²) >= 11 is 0. The first-order valence-corrected chi connectivity index (χ1v) is 5.80. The number of aryl methyl sites for hydroxylation is 2. The lowest BCUT2D eigenvalue weighted by molar-refractivity contribution is 0.546. The largest absolute Gasteiger partial charge is 0.275 e. The highest BCUT2D eigenvalue weighted by molar-refractivity contribution is 5.29. The lowest BCUT2D eigenvalue weighted by atomic mass is 9.98. The Bertz CT molecular complexity index is 536. The maximum Gasteiger partial charge on any atom is 0.123 e. The molecule has 0 amide bonds. The molecule has 1 atom stereocenters. The molecule has 2 aromatic rings. The monoisotopic (exact) mass is 248 g/mol. The number of benzene rings is 1. The molecule has 5 heteroatoms. The van der Waals surface area contributed by atoms with E-state index in [1.54, 1.807) is 23.0 Å². The van der Waals surface area contributed by atoms with E-state index in [4.69, 9.17) is 5.84 Å². The predicted molar refractivity (Wildman–Crippen MR) is 68.1 cm³/mol. The van der Waals surface area contributed by atoms with Crippen LogP contribution in [0.15, 0.2) is 30.6 Å². The normalized spacial score (nSPS) is 12.7. The van der Waals surface area contributed by atoms with E-state index in [2.05, 4.69) is 10.5 Å². The maximum absolute atomic E-state index is 13.2. The minimum atomic E-state index is -0.224. The van der Waals surface area contributed by atoms with Crippen molar-refractivity contribution in [1.82, 2.24) is 15.2 Å². The SMILES string of the molecule is Cc1ccc(F)cc1CC(NN)c1cnn(C)c1. The number of halogens is 1. The van der Waals surface area contributed by atoms with Gasteiger partial charge < -0.3 is 0 Å². The topological polar surface area (TPSA) is 55.9 Å². The van der Waals surface area contributed by atoms with E-state index >= 15 is 0 Å². The fraction of sp³-hybridized carbons (Fsp3) is 0.308. The molecule has 0 bridgehead atoms. The number of aromatic nitrogens is 2. The first kappa shape index (κ1) is 12.7. The van der Waals surface area contributed by atoms with Gasteiger partial charge in [-0.15, -0.1) is 0 Å². The first-order valence-electron chi connectivity index (χ1n) is 5.80. The van der Waals surface area contributed by atoms with Gasteiger partial charge in [0.15, 0.2) is 0 Å². The van der Waals surface area contributed by atoms with Gasteiger partial charge in [-0.3, -0.25) is 16.0 Å². The zero-order valence-corrected chi connectivity index (χ0v) is 10.5. The summed E-state index contributed by atoms with van der Waals surface area (Å²) in [5.41, 5.74) is 5.74. The molecule has 18 heavy (non-hydrogen) atoms. The molecule has 0 fully saturated rings. The van der Waals surface area contributed by atoms with E-state index in [0.717, 1.165) is 16.7 Å². The Balaban J connectivity index is 2.22. The highest BCUT2D eigenvalue weighted by atomic mass is 19.1. The third-order valence-electron chi connectivity index (χ3n) is 3.06. The van der Waals surface area contributed by atoms with Crippen molar-refractivity contribution < 1.29 is 4.39 Å². The summed E-state index contributed by atoms with van der Waals surface area (Å²) in [6.45, 7) is 1.96. The second-order valence-electron chi connectivity index (χ2n) is 4.44. The van der Waals surface area contributed by atoms with Crippen LogP contribution in [0.3, 0.4) is 0 Å². The van der Waals surface area contributed by atoms with Gasteiger partial charge in [-0.2, -0.15) is 5.10 Å². The van der Waals surface area contributed by atoms with Crippen molar-refractivity contribution in [1.29, 1.82) is 0 Å². The van der Waals surface area contributed by atoms with Crippen LogP contribution in [0.25, 0.3) is 0 Å². The highest BCUT2D eigenvalue weighted by Gasteiger charge is 2.14. The Labute approximate surface area is 106 Å². The van der Waals surface area contributed by atoms with Gasteiger partial charge in [-0.1, -0.05) is 6.07 Å². The van der Waals surface area contributed by atoms with Crippen molar-refractivity contribution in [3.05, 3.63) is 53.1 Å². The smallest absolute Gasteiger partial charge is 0.123 e. The van der Waals surface area contributed by atoms with Crippen LogP contribution in [-0.4, -0.2) is 9.78 Å². The van der Waals surface area contributed by atoms with Crippen LogP contribution >= 0.6 is 0 Å². The number of hydrogen-bond acceptors (Lipinski definition) is 3. The second-order valence-corrected chi connectivity index (χ2v) is 4.44. The fourth-order valence-electron chi connectivity index (χ4n) is 1.97. The molecular formula is C13H17FN4. The molecule has 0 saturated carbocycles. The molecule has 1 heterocycles. The standard InChI is InChI=1S/C13H17FN4/c1-9-3-4-12(14)5-10(9)6-13(17-15)11-7-16-18(2)8-11/h3-5,7-8,13,17H,6,15H2,1-2H3. The van der Waals surface area contributed by atoms with Crippen molar-refractivity contribution >= 4 is 0 Å². The summed E-state index contributed by atoms with van der Waals surface area (Å²) in [4.78, 5) is 0. The van der Waals surface area contributed by atoms with E-state index in [0.29, 0.717) is 6.42 Å². The van der Waals surface area contributed by atoms with E-state index in [1.807, 2.05) is 20.2 Å². The van der Waals surface area contributed by atoms with Gasteiger partial charge in [0, 0.05) is 18.8 Å². The zero-order chi connectivity index (χ0) is 13.1. The molecule has 1 unspecified atom stereocenters. The molecule has 0 saturated heterocycles. The summed E-state index contributed by atoms with van der Waals surface area (Å²) in [5, 5.41) is 4.11. The van der Waals surface area contributed by atoms with Crippen molar-refractivity contribution in [2.24, 2.45) is 12.9 Å². The van der Waals surface area contributed by atoms with Gasteiger partial charge in [0.25, 0.3) is 0 Å². The molecule has 2 rings (SSSR count). The number of hydrogen-bond donors (Lipinski definition) is 2. The number of rotatable bonds is 4. The molecule has 1 aromatic heterocycles. The average molecular weight is 248 g/mol. The lowest BCUT2D eigenvalue weighted by Gasteiger charge is -2.15. The van der Waals surface area contributed by atoms with Crippen LogP contribution in [0, 0.1) is 12.7 Å². The molecule has 4 nitrogen and oxygen atoms in total. The third-order valence-corrected chi connectivity index (χ3v) is 3.06. The molecule has 0 spiro atoms. The number of nitrogens with zero attached hydrogens (tertiary/aromatic N) is 2. The van der Waals surface area contributed by atoms with Crippen LogP contribution in [0.1, 0.15) is 22.7 Å². The van der Waals surface area contributed by atoms with Gasteiger partial charge in [-0.05, 0) is 36.6 Å². The Kier molecular flexibility index (Phi) is 3.74. The van der Waals surface area contributed by atoms with Gasteiger partial charge in [-0.25, -0.2) is 4.39 Å². The minimum absolute atomic E-state index is 0.0702. The Hall–Kier alpha value is -1.72. The van der Waals surface area contributed by atoms with Crippen molar-refractivity contribution in [2.75, 3.05) is 0 Å². The number of nitrogens with one attached hydrogen (secondary N) is 1. The zero-order valence-electron chi connectivity index (χ0n) is 10.5. The van der Waals surface area contributed by atoms with E-state index < -0.39 is 0 Å². The Morgan fingerprint density at radius 2 is 2.28 bits per heavy atom. The molecule has 0 aliphatic heterocycles. The van der Waals surface area contributed by atoms with Crippen molar-refractivity contribution in [3.63, 3.8) is 0 Å². The van der Waals surface area contributed by atoms with Crippen molar-refractivity contribution in [3.8, 4) is 0 Å². The minimum Gasteiger partial charge on any atom is -0.275 e. The molecule has 0 aliphatic carbocycles. The fourth-order valence-corrected chi connectivity index (χ4v) is 1.97. The summed E-state index contributed by atoms with van der Waals surface area (Å²) in [5.74, 6) is 5.34. The number of nitrogens with two attached hydrogens (primary N) is 1. The molecular weight excluding hydrogens is 231 g/mol. The molecule has 1 aromatic carbocycles. The Morgan fingerprint density at radius 3 is 2.89 bits per heavy atom. The van der Waals surface area contributed by atoms with Crippen molar-refractivity contribution in [2.45, 2.75) is 19.4 Å². The summed E-state index contributed by atoms with van der Waals surface area (Å²) in [7, 11) is 1.85. The maximum atomic E-state index is 13.2. The highest BCUT2D eigenvalue weighted by Crippen LogP contribution is 2.20. The van der Waals surface area contributed by atoms with Gasteiger partial charge >= 0.3 is 0 Å². The van der Waals surface area contributed by atoms with E-state index in [9.17, 15) is 4.39 Å². The summed E-state index contributed by atoms with van der Waals surface area (Å²) < 4.78 is 15.0. The van der Waals surface area contributed by atoms with Gasteiger partial charge in [0.05, 0.1) is 12.2 Å². The lowest BCUT2D eigenvalue weighted by Crippen LogP contribution is -2.29. The molecule has 0 radical (unpaired) electrons. The van der Waals surface area contributed by atoms with E-state index in [-0.39, 0.29) is 11.9 Å². The molecule has 3 N–H and O–H groups in total. The third kappa shape index (κ3) is 2.75. The van der Waals surface area contributed by atoms with Crippen LogP contribution in [0.5, 0.6) is 0 Å². The number of hydrazine groups is 1. The second kappa shape index (κ2) is 5.29. The first-order chi connectivity index (χ1) is 8.60. The van der Waals surface area contributed by atoms with Crippen LogP contribution < -0.4 is 11.3 Å². The predicted octanol–water partition coefficient (Wildman–Crippen LogP) is 1.61. The van der Waals surface area contributed by atoms with Gasteiger partial charge in [0.2, 0.25) is 0 Å². The van der Waals surface area contributed by atoms with Crippen LogP contribution in [-0.2, 0) is 13.5 Å². The summed E-state index contributed by atoms with van der Waals surface area (Å²) in [6, 6.07) is 4.73. The Morgan fingerprint density at radius 1 is 1.50 bits per heavy atom. The van der Waals surface area contributed by atoms with E-state index in [1.165, 1.54) is 6.07 Å². The summed E-state index contributed by atoms with van der Waals surface area (Å²) in [6.07, 6.45) is 4.30.